The fraction of sp³-hybridized carbons (Fsp3) is 0.333. The number of para-hydroxylation sites is 1. The molecule has 0 aliphatic rings. The Bertz CT molecular complexity index is 907. The summed E-state index contributed by atoms with van der Waals surface area (Å²) in [6.07, 6.45) is 5.29. The Morgan fingerprint density at radius 2 is 1.79 bits per heavy atom. The van der Waals surface area contributed by atoms with Crippen LogP contribution in [-0.4, -0.2) is 17.6 Å². The molecule has 3 aromatic rings. The van der Waals surface area contributed by atoms with Crippen molar-refractivity contribution in [1.29, 1.82) is 0 Å². The summed E-state index contributed by atoms with van der Waals surface area (Å²) in [5.41, 5.74) is 3.20. The van der Waals surface area contributed by atoms with E-state index in [9.17, 15) is 4.79 Å². The molecule has 0 aliphatic heterocycles. The van der Waals surface area contributed by atoms with E-state index < -0.39 is 0 Å². The standard InChI is InChI=1S/C24H27NO3/c1-19(26)27-16-7-3-2-4-9-20-10-8-12-23(17-20)28-18-22-15-14-21-11-5-6-13-24(21)25-22/h5-6,8,10-15,17H,2-4,7,9,16,18H2,1H3. The summed E-state index contributed by atoms with van der Waals surface area (Å²) >= 11 is 0. The van der Waals surface area contributed by atoms with Crippen molar-refractivity contribution >= 4 is 16.9 Å². The van der Waals surface area contributed by atoms with Crippen LogP contribution < -0.4 is 4.74 Å². The van der Waals surface area contributed by atoms with Crippen LogP contribution in [0.3, 0.4) is 0 Å². The number of nitrogens with zero attached hydrogens (tertiary/aromatic N) is 1. The molecule has 0 unspecified atom stereocenters. The summed E-state index contributed by atoms with van der Waals surface area (Å²) in [6.45, 7) is 2.44. The minimum atomic E-state index is -0.198. The van der Waals surface area contributed by atoms with Gasteiger partial charge in [0.15, 0.2) is 0 Å². The minimum Gasteiger partial charge on any atom is -0.487 e. The fourth-order valence-electron chi connectivity index (χ4n) is 3.14. The summed E-state index contributed by atoms with van der Waals surface area (Å²) in [5.74, 6) is 0.679. The molecule has 0 fully saturated rings. The van der Waals surface area contributed by atoms with Gasteiger partial charge < -0.3 is 9.47 Å². The van der Waals surface area contributed by atoms with Crippen molar-refractivity contribution in [3.05, 3.63) is 71.9 Å². The Labute approximate surface area is 166 Å². The Hall–Kier alpha value is -2.88. The van der Waals surface area contributed by atoms with Gasteiger partial charge in [0.25, 0.3) is 0 Å². The average molecular weight is 377 g/mol. The van der Waals surface area contributed by atoms with Crippen molar-refractivity contribution in [2.24, 2.45) is 0 Å². The molecule has 0 aliphatic carbocycles. The van der Waals surface area contributed by atoms with E-state index >= 15 is 0 Å². The lowest BCUT2D eigenvalue weighted by Crippen LogP contribution is -2.00. The maximum atomic E-state index is 10.7. The first-order valence-corrected chi connectivity index (χ1v) is 9.90. The average Bonchev–Trinajstić information content (AvgIpc) is 2.71. The van der Waals surface area contributed by atoms with Gasteiger partial charge in [0.1, 0.15) is 12.4 Å². The molecular weight excluding hydrogens is 350 g/mol. The summed E-state index contributed by atoms with van der Waals surface area (Å²) in [5, 5.41) is 1.14. The molecule has 2 aromatic carbocycles. The zero-order chi connectivity index (χ0) is 19.6. The highest BCUT2D eigenvalue weighted by Gasteiger charge is 2.02. The number of hydrogen-bond acceptors (Lipinski definition) is 4. The third-order valence-corrected chi connectivity index (χ3v) is 4.61. The van der Waals surface area contributed by atoms with Crippen LogP contribution in [0.1, 0.15) is 43.9 Å². The number of fused-ring (bicyclic) bond motifs is 1. The lowest BCUT2D eigenvalue weighted by molar-refractivity contribution is -0.141. The molecule has 0 saturated heterocycles. The molecule has 4 nitrogen and oxygen atoms in total. The molecular formula is C24H27NO3. The highest BCUT2D eigenvalue weighted by molar-refractivity contribution is 5.78. The third kappa shape index (κ3) is 6.38. The number of carbonyl (C=O) groups excluding carboxylic acids is 1. The van der Waals surface area contributed by atoms with Crippen molar-refractivity contribution in [2.75, 3.05) is 6.61 Å². The number of rotatable bonds is 10. The molecule has 0 amide bonds. The van der Waals surface area contributed by atoms with E-state index in [0.29, 0.717) is 13.2 Å². The Morgan fingerprint density at radius 3 is 2.68 bits per heavy atom. The molecule has 0 bridgehead atoms. The molecule has 3 rings (SSSR count). The zero-order valence-electron chi connectivity index (χ0n) is 16.4. The van der Waals surface area contributed by atoms with Crippen LogP contribution in [0, 0.1) is 0 Å². The number of aromatic nitrogens is 1. The number of hydrogen-bond donors (Lipinski definition) is 0. The van der Waals surface area contributed by atoms with Crippen molar-refractivity contribution in [3.63, 3.8) is 0 Å². The molecule has 0 saturated carbocycles. The lowest BCUT2D eigenvalue weighted by atomic mass is 10.1. The van der Waals surface area contributed by atoms with E-state index in [4.69, 9.17) is 9.47 Å². The normalized spacial score (nSPS) is 10.8. The maximum absolute atomic E-state index is 10.7. The summed E-state index contributed by atoms with van der Waals surface area (Å²) in [6, 6.07) is 20.5. The van der Waals surface area contributed by atoms with Crippen molar-refractivity contribution in [2.45, 2.75) is 45.6 Å². The number of ether oxygens (including phenoxy) is 2. The molecule has 1 heterocycles. The zero-order valence-corrected chi connectivity index (χ0v) is 16.4. The Morgan fingerprint density at radius 1 is 0.929 bits per heavy atom. The second-order valence-electron chi connectivity index (χ2n) is 6.94. The maximum Gasteiger partial charge on any atom is 0.302 e. The lowest BCUT2D eigenvalue weighted by Gasteiger charge is -2.09. The highest BCUT2D eigenvalue weighted by atomic mass is 16.5. The van der Waals surface area contributed by atoms with Gasteiger partial charge in [-0.25, -0.2) is 4.98 Å². The largest absolute Gasteiger partial charge is 0.487 e. The monoisotopic (exact) mass is 377 g/mol. The van der Waals surface area contributed by atoms with Gasteiger partial charge in [-0.05, 0) is 49.1 Å². The van der Waals surface area contributed by atoms with E-state index in [2.05, 4.69) is 29.2 Å². The molecule has 0 spiro atoms. The fourth-order valence-corrected chi connectivity index (χ4v) is 3.14. The molecule has 1 aromatic heterocycles. The van der Waals surface area contributed by atoms with Gasteiger partial charge >= 0.3 is 5.97 Å². The number of pyridine rings is 1. The summed E-state index contributed by atoms with van der Waals surface area (Å²) in [4.78, 5) is 15.4. The van der Waals surface area contributed by atoms with E-state index in [0.717, 1.165) is 54.5 Å². The van der Waals surface area contributed by atoms with Gasteiger partial charge in [-0.2, -0.15) is 0 Å². The third-order valence-electron chi connectivity index (χ3n) is 4.61. The number of carbonyl (C=O) groups is 1. The SMILES string of the molecule is CC(=O)OCCCCCCc1cccc(OCc2ccc3ccccc3n2)c1. The topological polar surface area (TPSA) is 48.4 Å². The van der Waals surface area contributed by atoms with Crippen LogP contribution in [-0.2, 0) is 22.6 Å². The number of benzene rings is 2. The number of unbranched alkanes of at least 4 members (excludes halogenated alkanes) is 3. The van der Waals surface area contributed by atoms with Gasteiger partial charge in [-0.3, -0.25) is 4.79 Å². The predicted octanol–water partition coefficient (Wildman–Crippen LogP) is 5.48. The van der Waals surface area contributed by atoms with E-state index in [-0.39, 0.29) is 5.97 Å². The van der Waals surface area contributed by atoms with Gasteiger partial charge in [0.05, 0.1) is 17.8 Å². The first-order valence-electron chi connectivity index (χ1n) is 9.90. The van der Waals surface area contributed by atoms with Crippen LogP contribution in [0.2, 0.25) is 0 Å². The van der Waals surface area contributed by atoms with Crippen molar-refractivity contribution in [3.8, 4) is 5.75 Å². The van der Waals surface area contributed by atoms with Gasteiger partial charge in [-0.15, -0.1) is 0 Å². The minimum absolute atomic E-state index is 0.198. The molecule has 0 N–H and O–H groups in total. The second kappa shape index (κ2) is 10.5. The molecule has 0 atom stereocenters. The number of esters is 1. The first-order chi connectivity index (χ1) is 13.7. The van der Waals surface area contributed by atoms with Crippen LogP contribution >= 0.6 is 0 Å². The Kier molecular flexibility index (Phi) is 7.42. The van der Waals surface area contributed by atoms with E-state index in [1.165, 1.54) is 12.5 Å². The predicted molar refractivity (Wildman–Crippen MR) is 111 cm³/mol. The van der Waals surface area contributed by atoms with E-state index in [1.807, 2.05) is 36.4 Å². The van der Waals surface area contributed by atoms with Crippen molar-refractivity contribution < 1.29 is 14.3 Å². The number of aryl methyl sites for hydroxylation is 1. The summed E-state index contributed by atoms with van der Waals surface area (Å²) in [7, 11) is 0. The van der Waals surface area contributed by atoms with E-state index in [1.54, 1.807) is 0 Å². The van der Waals surface area contributed by atoms with Crippen LogP contribution in [0.5, 0.6) is 5.75 Å². The van der Waals surface area contributed by atoms with Crippen LogP contribution in [0.25, 0.3) is 10.9 Å². The Balaban J connectivity index is 1.43. The van der Waals surface area contributed by atoms with Crippen LogP contribution in [0.4, 0.5) is 0 Å². The summed E-state index contributed by atoms with van der Waals surface area (Å²) < 4.78 is 10.9. The molecule has 28 heavy (non-hydrogen) atoms. The first kappa shape index (κ1) is 19.9. The second-order valence-corrected chi connectivity index (χ2v) is 6.94. The van der Waals surface area contributed by atoms with Crippen LogP contribution in [0.15, 0.2) is 60.7 Å². The smallest absolute Gasteiger partial charge is 0.302 e. The molecule has 146 valence electrons. The quantitative estimate of drug-likeness (QED) is 0.347. The molecule has 4 heteroatoms. The highest BCUT2D eigenvalue weighted by Crippen LogP contribution is 2.18. The van der Waals surface area contributed by atoms with Gasteiger partial charge in [-0.1, -0.05) is 49.2 Å². The van der Waals surface area contributed by atoms with Crippen molar-refractivity contribution in [1.82, 2.24) is 4.98 Å². The molecule has 0 radical (unpaired) electrons. The van der Waals surface area contributed by atoms with Gasteiger partial charge in [0, 0.05) is 12.3 Å². The van der Waals surface area contributed by atoms with Gasteiger partial charge in [0.2, 0.25) is 0 Å².